The molecule has 2 aromatic rings. The van der Waals surface area contributed by atoms with Crippen LogP contribution in [0.1, 0.15) is 10.4 Å². The van der Waals surface area contributed by atoms with Crippen LogP contribution in [0.2, 0.25) is 0 Å². The zero-order chi connectivity index (χ0) is 19.3. The zero-order valence-corrected chi connectivity index (χ0v) is 18.5. The van der Waals surface area contributed by atoms with Crippen LogP contribution < -0.4 is 37.3 Å². The third kappa shape index (κ3) is 5.34. The van der Waals surface area contributed by atoms with Crippen molar-refractivity contribution in [3.05, 3.63) is 36.0 Å². The first-order valence-corrected chi connectivity index (χ1v) is 7.80. The van der Waals surface area contributed by atoms with Gasteiger partial charge in [0.2, 0.25) is 0 Å². The molecule has 11 N–H and O–H groups in total. The number of hydrogen-bond acceptors (Lipinski definition) is 8. The largest absolute Gasteiger partial charge is 0.693 e. The van der Waals surface area contributed by atoms with Crippen molar-refractivity contribution >= 4 is 28.7 Å². The van der Waals surface area contributed by atoms with Gasteiger partial charge in [-0.15, -0.1) is 0 Å². The van der Waals surface area contributed by atoms with Crippen LogP contribution in [0, 0.1) is 0 Å². The van der Waals surface area contributed by atoms with Crippen molar-refractivity contribution in [2.45, 2.75) is 0 Å². The summed E-state index contributed by atoms with van der Waals surface area (Å²) in [5, 5.41) is 16.0. The van der Waals surface area contributed by atoms with Crippen LogP contribution in [-0.2, 0) is 21.1 Å². The van der Waals surface area contributed by atoms with E-state index < -0.39 is 5.91 Å². The number of primary amides is 1. The number of carbonyl (C=O) groups excluding carboxylic acids is 1. The number of methoxy groups -OCH3 is 2. The molecule has 0 spiro atoms. The van der Waals surface area contributed by atoms with Gasteiger partial charge in [0.15, 0.2) is 17.2 Å². The Hall–Kier alpha value is -2.84. The van der Waals surface area contributed by atoms with Gasteiger partial charge in [0.05, 0.1) is 36.8 Å². The summed E-state index contributed by atoms with van der Waals surface area (Å²) in [6.45, 7) is 1.02. The molecule has 11 heteroatoms. The van der Waals surface area contributed by atoms with E-state index in [1.807, 2.05) is 0 Å². The molecule has 0 aliphatic carbocycles. The van der Waals surface area contributed by atoms with E-state index in [4.69, 9.17) is 26.7 Å². The molecule has 154 valence electrons. The van der Waals surface area contributed by atoms with Gasteiger partial charge in [-0.05, 0) is 24.3 Å². The van der Waals surface area contributed by atoms with Gasteiger partial charge in [0, 0.05) is 34.2 Å². The van der Waals surface area contributed by atoms with Crippen LogP contribution in [0.4, 0.5) is 22.7 Å². The van der Waals surface area contributed by atoms with Crippen LogP contribution in [-0.4, -0.2) is 38.3 Å². The molecule has 0 radical (unpaired) electrons. The minimum atomic E-state index is -0.612. The molecule has 0 bridgehead atoms. The third-order valence-electron chi connectivity index (χ3n) is 3.80. The molecule has 2 rings (SSSR count). The van der Waals surface area contributed by atoms with Crippen molar-refractivity contribution in [3.63, 3.8) is 0 Å². The first kappa shape index (κ1) is 25.2. The molecule has 28 heavy (non-hydrogen) atoms. The maximum absolute atomic E-state index is 11.4. The molecule has 0 fully saturated rings. The van der Waals surface area contributed by atoms with E-state index in [9.17, 15) is 9.90 Å². The molecule has 2 aromatic carbocycles. The van der Waals surface area contributed by atoms with E-state index in [1.165, 1.54) is 20.3 Å². The molecule has 0 atom stereocenters. The van der Waals surface area contributed by atoms with Crippen molar-refractivity contribution in [1.82, 2.24) is 0 Å². The summed E-state index contributed by atoms with van der Waals surface area (Å²) in [6, 6.07) is 6.37. The Bertz CT molecular complexity index is 819. The molecule has 0 aliphatic rings. The maximum Gasteiger partial charge on any atom is 0.252 e. The van der Waals surface area contributed by atoms with Crippen LogP contribution in [0.3, 0.4) is 0 Å². The number of ether oxygens (including phenoxy) is 2. The fourth-order valence-electron chi connectivity index (χ4n) is 2.52. The fourth-order valence-corrected chi connectivity index (χ4v) is 2.52. The first-order valence-electron chi connectivity index (χ1n) is 7.80. The van der Waals surface area contributed by atoms with E-state index in [0.29, 0.717) is 35.8 Å². The molecule has 0 heterocycles. The molecular formula is C17H25N6O4W-. The molecule has 0 unspecified atom stereocenters. The Morgan fingerprint density at radius 2 is 1.43 bits per heavy atom. The number of carbonyl (C=O) groups is 1. The van der Waals surface area contributed by atoms with Crippen molar-refractivity contribution in [2.24, 2.45) is 5.73 Å². The normalized spacial score (nSPS) is 9.50. The standard InChI is InChI=1S/C17H23N5O4.H2N.W/c1-25-15-9(17(20)24)3-4-10(13(15)18)21-7-8-22-11-5-6-12(23)16(26-2)14(11)19;;/h3-6,21-23H,7-8,18-19H2,1-2H3,(H2,20,24);1H2;/q;-1;. The van der Waals surface area contributed by atoms with Crippen LogP contribution >= 0.6 is 0 Å². The van der Waals surface area contributed by atoms with Crippen molar-refractivity contribution in [1.29, 1.82) is 0 Å². The van der Waals surface area contributed by atoms with Crippen LogP contribution in [0.25, 0.3) is 6.15 Å². The average Bonchev–Trinajstić information content (AvgIpc) is 2.61. The number of phenols is 1. The number of anilines is 4. The van der Waals surface area contributed by atoms with Crippen molar-refractivity contribution in [2.75, 3.05) is 49.4 Å². The predicted octanol–water partition coefficient (Wildman–Crippen LogP) is 1.91. The molecule has 0 aromatic heterocycles. The second kappa shape index (κ2) is 11.1. The number of aromatic hydroxyl groups is 1. The Labute approximate surface area is 177 Å². The minimum absolute atomic E-state index is 0. The van der Waals surface area contributed by atoms with Gasteiger partial charge in [-0.2, -0.15) is 0 Å². The summed E-state index contributed by atoms with van der Waals surface area (Å²) < 4.78 is 10.2. The smallest absolute Gasteiger partial charge is 0.252 e. The van der Waals surface area contributed by atoms with Gasteiger partial charge in [-0.3, -0.25) is 4.79 Å². The average molecular weight is 561 g/mol. The Morgan fingerprint density at radius 1 is 0.964 bits per heavy atom. The van der Waals surface area contributed by atoms with E-state index in [-0.39, 0.29) is 50.0 Å². The van der Waals surface area contributed by atoms with E-state index >= 15 is 0 Å². The number of nitrogen functional groups attached to an aromatic ring is 2. The molecule has 10 nitrogen and oxygen atoms in total. The van der Waals surface area contributed by atoms with Crippen LogP contribution in [0.15, 0.2) is 24.3 Å². The summed E-state index contributed by atoms with van der Waals surface area (Å²) in [4.78, 5) is 11.4. The second-order valence-corrected chi connectivity index (χ2v) is 5.40. The Morgan fingerprint density at radius 3 is 1.89 bits per heavy atom. The van der Waals surface area contributed by atoms with Crippen molar-refractivity contribution < 1.29 is 40.4 Å². The molecule has 0 saturated carbocycles. The summed E-state index contributed by atoms with van der Waals surface area (Å²) in [5.74, 6) is -0.177. The summed E-state index contributed by atoms with van der Waals surface area (Å²) in [5.41, 5.74) is 19.4. The third-order valence-corrected chi connectivity index (χ3v) is 3.80. The molecule has 1 amide bonds. The first-order chi connectivity index (χ1) is 12.4. The number of hydrogen-bond donors (Lipinski definition) is 6. The second-order valence-electron chi connectivity index (χ2n) is 5.40. The predicted molar refractivity (Wildman–Crippen MR) is 107 cm³/mol. The van der Waals surface area contributed by atoms with Gasteiger partial charge >= 0.3 is 0 Å². The van der Waals surface area contributed by atoms with E-state index in [1.54, 1.807) is 18.2 Å². The fraction of sp³-hybridized carbons (Fsp3) is 0.235. The number of amides is 1. The number of phenolic OH excluding ortho intramolecular Hbond substituents is 1. The van der Waals surface area contributed by atoms with Gasteiger partial charge in [0.1, 0.15) is 5.69 Å². The number of rotatable bonds is 8. The number of benzene rings is 2. The van der Waals surface area contributed by atoms with Crippen LogP contribution in [0.5, 0.6) is 17.2 Å². The van der Waals surface area contributed by atoms with Gasteiger partial charge in [0.25, 0.3) is 5.91 Å². The molecule has 0 saturated heterocycles. The van der Waals surface area contributed by atoms with Gasteiger partial charge in [-0.25, -0.2) is 0 Å². The molecular weight excluding hydrogens is 536 g/mol. The topological polar surface area (TPSA) is 191 Å². The molecule has 0 aliphatic heterocycles. The minimum Gasteiger partial charge on any atom is -0.693 e. The Kier molecular flexibility index (Phi) is 9.98. The summed E-state index contributed by atoms with van der Waals surface area (Å²) >= 11 is 0. The Balaban J connectivity index is 0.00000364. The van der Waals surface area contributed by atoms with Gasteiger partial charge < -0.3 is 48.6 Å². The van der Waals surface area contributed by atoms with E-state index in [0.717, 1.165) is 0 Å². The van der Waals surface area contributed by atoms with E-state index in [2.05, 4.69) is 10.6 Å². The maximum atomic E-state index is 11.4. The number of nitrogens with one attached hydrogen (secondary N) is 2. The number of nitrogens with two attached hydrogens (primary N) is 4. The summed E-state index contributed by atoms with van der Waals surface area (Å²) in [7, 11) is 2.85. The zero-order valence-electron chi connectivity index (χ0n) is 15.6. The van der Waals surface area contributed by atoms with Gasteiger partial charge in [-0.1, -0.05) is 0 Å². The quantitative estimate of drug-likeness (QED) is 0.160. The summed E-state index contributed by atoms with van der Waals surface area (Å²) in [6.07, 6.45) is 0. The monoisotopic (exact) mass is 561 g/mol. The SMILES string of the molecule is COc1c(O)ccc(NCCNc2ccc(C(N)=O)c(OC)c2N)c1N.[NH2-].[W]. The van der Waals surface area contributed by atoms with Crippen molar-refractivity contribution in [3.8, 4) is 17.2 Å².